The van der Waals surface area contributed by atoms with Gasteiger partial charge in [-0.05, 0) is 48.4 Å². The van der Waals surface area contributed by atoms with Gasteiger partial charge in [0.25, 0.3) is 5.91 Å². The van der Waals surface area contributed by atoms with Crippen LogP contribution in [-0.2, 0) is 6.54 Å². The Balaban J connectivity index is 1.69. The van der Waals surface area contributed by atoms with E-state index in [1.54, 1.807) is 42.9 Å². The van der Waals surface area contributed by atoms with Gasteiger partial charge in [-0.1, -0.05) is 17.7 Å². The second-order valence-corrected chi connectivity index (χ2v) is 5.83. The molecule has 0 bridgehead atoms. The Morgan fingerprint density at radius 2 is 2.08 bits per heavy atom. The number of aromatic nitrogens is 3. The molecule has 3 rings (SSSR count). The molecule has 1 amide bonds. The molecule has 0 aliphatic carbocycles. The van der Waals surface area contributed by atoms with Gasteiger partial charge in [-0.15, -0.1) is 0 Å². The lowest BCUT2D eigenvalue weighted by Gasteiger charge is -2.09. The number of rotatable bonds is 5. The summed E-state index contributed by atoms with van der Waals surface area (Å²) in [5, 5.41) is 6.53. The van der Waals surface area contributed by atoms with E-state index in [0.29, 0.717) is 23.2 Å². The largest absolute Gasteiger partial charge is 0.350 e. The SMILES string of the molecule is Cc1cc(Cl)ccc1NC(=O)c1ccnc(NCc2cccnc2)n1. The molecule has 0 aliphatic rings. The zero-order valence-electron chi connectivity index (χ0n) is 13.5. The Morgan fingerprint density at radius 1 is 1.20 bits per heavy atom. The number of nitrogens with zero attached hydrogens (tertiary/aromatic N) is 3. The first-order valence-corrected chi connectivity index (χ1v) is 8.03. The van der Waals surface area contributed by atoms with Crippen LogP contribution in [0.25, 0.3) is 0 Å². The summed E-state index contributed by atoms with van der Waals surface area (Å²) in [7, 11) is 0. The van der Waals surface area contributed by atoms with E-state index in [4.69, 9.17) is 11.6 Å². The molecule has 0 saturated carbocycles. The fourth-order valence-corrected chi connectivity index (χ4v) is 2.43. The third-order valence-corrected chi connectivity index (χ3v) is 3.73. The van der Waals surface area contributed by atoms with Crippen molar-refractivity contribution in [3.63, 3.8) is 0 Å². The first-order valence-electron chi connectivity index (χ1n) is 7.65. The van der Waals surface area contributed by atoms with Crippen LogP contribution in [0.15, 0.2) is 55.0 Å². The number of anilines is 2. The molecular weight excluding hydrogens is 338 g/mol. The molecule has 25 heavy (non-hydrogen) atoms. The zero-order chi connectivity index (χ0) is 17.6. The molecule has 0 radical (unpaired) electrons. The fourth-order valence-electron chi connectivity index (χ4n) is 2.21. The molecule has 2 N–H and O–H groups in total. The molecule has 0 fully saturated rings. The maximum atomic E-state index is 12.4. The maximum absolute atomic E-state index is 12.4. The molecule has 7 heteroatoms. The van der Waals surface area contributed by atoms with Crippen molar-refractivity contribution in [1.82, 2.24) is 15.0 Å². The van der Waals surface area contributed by atoms with E-state index in [1.807, 2.05) is 19.1 Å². The molecule has 0 saturated heterocycles. The molecule has 0 atom stereocenters. The molecule has 6 nitrogen and oxygen atoms in total. The van der Waals surface area contributed by atoms with Crippen molar-refractivity contribution in [3.8, 4) is 0 Å². The van der Waals surface area contributed by atoms with Crippen LogP contribution in [0.2, 0.25) is 5.02 Å². The van der Waals surface area contributed by atoms with E-state index in [1.165, 1.54) is 0 Å². The number of halogens is 1. The van der Waals surface area contributed by atoms with Crippen LogP contribution in [0, 0.1) is 6.92 Å². The highest BCUT2D eigenvalue weighted by molar-refractivity contribution is 6.30. The van der Waals surface area contributed by atoms with E-state index in [-0.39, 0.29) is 11.6 Å². The van der Waals surface area contributed by atoms with Crippen LogP contribution in [0.3, 0.4) is 0 Å². The average Bonchev–Trinajstić information content (AvgIpc) is 2.63. The topological polar surface area (TPSA) is 79.8 Å². The summed E-state index contributed by atoms with van der Waals surface area (Å²) >= 11 is 5.93. The summed E-state index contributed by atoms with van der Waals surface area (Å²) in [6.07, 6.45) is 5.01. The number of hydrogen-bond acceptors (Lipinski definition) is 5. The minimum absolute atomic E-state index is 0.276. The van der Waals surface area contributed by atoms with Gasteiger partial charge in [-0.3, -0.25) is 9.78 Å². The summed E-state index contributed by atoms with van der Waals surface area (Å²) in [6, 6.07) is 10.6. The molecule has 2 aromatic heterocycles. The van der Waals surface area contributed by atoms with E-state index >= 15 is 0 Å². The lowest BCUT2D eigenvalue weighted by atomic mass is 10.2. The van der Waals surface area contributed by atoms with Crippen molar-refractivity contribution < 1.29 is 4.79 Å². The van der Waals surface area contributed by atoms with Crippen molar-refractivity contribution in [2.45, 2.75) is 13.5 Å². The smallest absolute Gasteiger partial charge is 0.274 e. The molecule has 3 aromatic rings. The quantitative estimate of drug-likeness (QED) is 0.731. The molecule has 1 aromatic carbocycles. The van der Waals surface area contributed by atoms with Crippen molar-refractivity contribution in [2.24, 2.45) is 0 Å². The number of benzene rings is 1. The Bertz CT molecular complexity index is 886. The second-order valence-electron chi connectivity index (χ2n) is 5.39. The van der Waals surface area contributed by atoms with E-state index in [2.05, 4.69) is 25.6 Å². The van der Waals surface area contributed by atoms with Crippen LogP contribution in [0.1, 0.15) is 21.6 Å². The van der Waals surface area contributed by atoms with Gasteiger partial charge in [-0.25, -0.2) is 9.97 Å². The number of amides is 1. The number of nitrogens with one attached hydrogen (secondary N) is 2. The number of pyridine rings is 1. The predicted molar refractivity (Wildman–Crippen MR) is 97.7 cm³/mol. The summed E-state index contributed by atoms with van der Waals surface area (Å²) < 4.78 is 0. The van der Waals surface area contributed by atoms with Gasteiger partial charge in [0.05, 0.1) is 0 Å². The van der Waals surface area contributed by atoms with E-state index in [0.717, 1.165) is 11.1 Å². The minimum atomic E-state index is -0.308. The molecule has 2 heterocycles. The Hall–Kier alpha value is -2.99. The molecule has 126 valence electrons. The highest BCUT2D eigenvalue weighted by Crippen LogP contribution is 2.20. The van der Waals surface area contributed by atoms with Crippen LogP contribution in [0.4, 0.5) is 11.6 Å². The lowest BCUT2D eigenvalue weighted by molar-refractivity contribution is 0.102. The normalized spacial score (nSPS) is 10.3. The number of carbonyl (C=O) groups excluding carboxylic acids is 1. The van der Waals surface area contributed by atoms with Gasteiger partial charge >= 0.3 is 0 Å². The van der Waals surface area contributed by atoms with Gasteiger partial charge < -0.3 is 10.6 Å². The van der Waals surface area contributed by atoms with E-state index in [9.17, 15) is 4.79 Å². The second kappa shape index (κ2) is 7.72. The third-order valence-electron chi connectivity index (χ3n) is 3.50. The maximum Gasteiger partial charge on any atom is 0.274 e. The Labute approximate surface area is 150 Å². The fraction of sp³-hybridized carbons (Fsp3) is 0.111. The van der Waals surface area contributed by atoms with Crippen LogP contribution >= 0.6 is 11.6 Å². The number of hydrogen-bond donors (Lipinski definition) is 2. The van der Waals surface area contributed by atoms with Gasteiger partial charge in [0.15, 0.2) is 0 Å². The van der Waals surface area contributed by atoms with Crippen molar-refractivity contribution in [2.75, 3.05) is 10.6 Å². The monoisotopic (exact) mass is 353 g/mol. The zero-order valence-corrected chi connectivity index (χ0v) is 14.3. The summed E-state index contributed by atoms with van der Waals surface area (Å²) in [5.41, 5.74) is 2.85. The highest BCUT2D eigenvalue weighted by atomic mass is 35.5. The Morgan fingerprint density at radius 3 is 2.84 bits per heavy atom. The molecule has 0 aliphatic heterocycles. The molecular formula is C18H16ClN5O. The van der Waals surface area contributed by atoms with Crippen LogP contribution in [-0.4, -0.2) is 20.9 Å². The Kier molecular flexibility index (Phi) is 5.20. The third kappa shape index (κ3) is 4.51. The van der Waals surface area contributed by atoms with E-state index < -0.39 is 0 Å². The predicted octanol–water partition coefficient (Wildman–Crippen LogP) is 3.70. The first-order chi connectivity index (χ1) is 12.1. The summed E-state index contributed by atoms with van der Waals surface area (Å²) in [5.74, 6) is 0.0709. The number of carbonyl (C=O) groups is 1. The summed E-state index contributed by atoms with van der Waals surface area (Å²) in [4.78, 5) is 24.8. The van der Waals surface area contributed by atoms with Gasteiger partial charge in [-0.2, -0.15) is 0 Å². The van der Waals surface area contributed by atoms with Gasteiger partial charge in [0.1, 0.15) is 5.69 Å². The molecule has 0 unspecified atom stereocenters. The van der Waals surface area contributed by atoms with Gasteiger partial charge in [0, 0.05) is 35.8 Å². The number of aryl methyl sites for hydroxylation is 1. The standard InChI is InChI=1S/C18H16ClN5O/c1-12-9-14(19)4-5-15(12)23-17(25)16-6-8-21-18(24-16)22-11-13-3-2-7-20-10-13/h2-10H,11H2,1H3,(H,23,25)(H,21,22,24). The summed E-state index contributed by atoms with van der Waals surface area (Å²) in [6.45, 7) is 2.40. The average molecular weight is 354 g/mol. The highest BCUT2D eigenvalue weighted by Gasteiger charge is 2.11. The lowest BCUT2D eigenvalue weighted by Crippen LogP contribution is -2.16. The van der Waals surface area contributed by atoms with Crippen molar-refractivity contribution in [1.29, 1.82) is 0 Å². The van der Waals surface area contributed by atoms with Gasteiger partial charge in [0.2, 0.25) is 5.95 Å². The van der Waals surface area contributed by atoms with Crippen LogP contribution in [0.5, 0.6) is 0 Å². The van der Waals surface area contributed by atoms with Crippen molar-refractivity contribution in [3.05, 3.63) is 76.8 Å². The van der Waals surface area contributed by atoms with Crippen LogP contribution < -0.4 is 10.6 Å². The molecule has 0 spiro atoms. The minimum Gasteiger partial charge on any atom is -0.350 e. The first kappa shape index (κ1) is 16.9. The van der Waals surface area contributed by atoms with Crippen molar-refractivity contribution >= 4 is 29.1 Å².